The number of aliphatic carboxylic acids is 1. The molecule has 1 aromatic heterocycles. The minimum Gasteiger partial charge on any atom is -0.480 e. The first-order valence-corrected chi connectivity index (χ1v) is 3.68. The summed E-state index contributed by atoms with van der Waals surface area (Å²) in [6.45, 7) is 1.34. The summed E-state index contributed by atoms with van der Waals surface area (Å²) < 4.78 is 0. The summed E-state index contributed by atoms with van der Waals surface area (Å²) in [6.07, 6.45) is 1.38. The van der Waals surface area contributed by atoms with Crippen LogP contribution in [0.15, 0.2) is 15.8 Å². The van der Waals surface area contributed by atoms with E-state index in [1.807, 2.05) is 0 Å². The van der Waals surface area contributed by atoms with Gasteiger partial charge >= 0.3 is 11.7 Å². The fourth-order valence-electron chi connectivity index (χ4n) is 0.477. The van der Waals surface area contributed by atoms with Gasteiger partial charge in [0.05, 0.1) is 6.54 Å². The number of aromatic amines is 2. The van der Waals surface area contributed by atoms with Gasteiger partial charge in [-0.3, -0.25) is 14.6 Å². The maximum atomic E-state index is 10.6. The zero-order valence-corrected chi connectivity index (χ0v) is 7.53. The number of nitrogens with two attached hydrogens (primary N) is 1. The lowest BCUT2D eigenvalue weighted by Crippen LogP contribution is -2.22. The Labute approximate surface area is 78.6 Å². The predicted molar refractivity (Wildman–Crippen MR) is 49.1 cm³/mol. The van der Waals surface area contributed by atoms with Crippen LogP contribution in [0.25, 0.3) is 0 Å². The van der Waals surface area contributed by atoms with Gasteiger partial charge in [0.1, 0.15) is 0 Å². The Hall–Kier alpha value is -1.89. The highest BCUT2D eigenvalue weighted by Crippen LogP contribution is 1.73. The lowest BCUT2D eigenvalue weighted by molar-refractivity contribution is -0.135. The van der Waals surface area contributed by atoms with Crippen molar-refractivity contribution in [1.82, 2.24) is 9.97 Å². The highest BCUT2D eigenvalue weighted by Gasteiger charge is 1.88. The fraction of sp³-hybridized carbons (Fsp3) is 0.286. The third kappa shape index (κ3) is 4.88. The van der Waals surface area contributed by atoms with E-state index in [4.69, 9.17) is 5.11 Å². The van der Waals surface area contributed by atoms with E-state index >= 15 is 0 Å². The lowest BCUT2D eigenvalue weighted by Gasteiger charge is -1.84. The first-order chi connectivity index (χ1) is 6.47. The van der Waals surface area contributed by atoms with E-state index in [0.717, 1.165) is 0 Å². The van der Waals surface area contributed by atoms with Crippen LogP contribution in [0.2, 0.25) is 0 Å². The van der Waals surface area contributed by atoms with E-state index in [1.54, 1.807) is 6.92 Å². The van der Waals surface area contributed by atoms with E-state index < -0.39 is 11.7 Å². The van der Waals surface area contributed by atoms with Crippen molar-refractivity contribution >= 4 is 5.97 Å². The molecule has 0 aliphatic rings. The van der Waals surface area contributed by atoms with E-state index in [2.05, 4.69) is 15.7 Å². The van der Waals surface area contributed by atoms with Gasteiger partial charge in [-0.15, -0.1) is 0 Å². The maximum absolute atomic E-state index is 10.6. The summed E-state index contributed by atoms with van der Waals surface area (Å²) >= 11 is 0. The fourth-order valence-corrected chi connectivity index (χ4v) is 0.477. The number of nitrogens with one attached hydrogen (secondary N) is 2. The van der Waals surface area contributed by atoms with Crippen molar-refractivity contribution in [3.8, 4) is 0 Å². The Kier molecular flexibility index (Phi) is 4.93. The number of H-pyrrole nitrogens is 2. The molecule has 14 heavy (non-hydrogen) atoms. The summed E-state index contributed by atoms with van der Waals surface area (Å²) in [5.74, 6) is -0.968. The van der Waals surface area contributed by atoms with Crippen LogP contribution in [0.4, 0.5) is 0 Å². The number of rotatable bonds is 1. The summed E-state index contributed by atoms with van der Waals surface area (Å²) in [5, 5.41) is 7.60. The lowest BCUT2D eigenvalue weighted by atomic mass is 10.4. The Morgan fingerprint density at radius 2 is 2.07 bits per heavy atom. The molecule has 0 radical (unpaired) electrons. The number of aryl methyl sites for hydroxylation is 1. The number of hydrogen-bond acceptors (Lipinski definition) is 4. The average Bonchev–Trinajstić information content (AvgIpc) is 2.13. The Balaban J connectivity index is 0.000000292. The number of aromatic nitrogens is 2. The van der Waals surface area contributed by atoms with Crippen molar-refractivity contribution in [2.45, 2.75) is 6.92 Å². The Morgan fingerprint density at radius 3 is 2.36 bits per heavy atom. The molecule has 0 saturated heterocycles. The number of hydrogen-bond donors (Lipinski definition) is 4. The number of carbonyl (C=O) groups is 1. The Bertz CT molecular complexity index is 406. The molecule has 78 valence electrons. The summed E-state index contributed by atoms with van der Waals surface area (Å²) in [5.41, 5.74) is 4.28. The molecule has 7 heteroatoms. The largest absolute Gasteiger partial charge is 0.480 e. The van der Waals surface area contributed by atoms with Gasteiger partial charge in [-0.1, -0.05) is 0 Å². The van der Waals surface area contributed by atoms with Crippen molar-refractivity contribution in [2.75, 3.05) is 6.54 Å². The van der Waals surface area contributed by atoms with Crippen molar-refractivity contribution < 1.29 is 9.90 Å². The van der Waals surface area contributed by atoms with Gasteiger partial charge in [0.15, 0.2) is 0 Å². The van der Waals surface area contributed by atoms with Gasteiger partial charge < -0.3 is 15.8 Å². The van der Waals surface area contributed by atoms with Crippen molar-refractivity contribution in [3.63, 3.8) is 0 Å². The van der Waals surface area contributed by atoms with Crippen LogP contribution < -0.4 is 17.0 Å². The summed E-state index contributed by atoms with van der Waals surface area (Å²) in [4.78, 5) is 34.5. The van der Waals surface area contributed by atoms with Crippen LogP contribution in [0.5, 0.6) is 0 Å². The second-order valence-electron chi connectivity index (χ2n) is 2.35. The second-order valence-corrected chi connectivity index (χ2v) is 2.35. The highest BCUT2D eigenvalue weighted by molar-refractivity contribution is 5.68. The quantitative estimate of drug-likeness (QED) is 0.435. The molecule has 0 aliphatic carbocycles. The van der Waals surface area contributed by atoms with Gasteiger partial charge in [0, 0.05) is 11.8 Å². The van der Waals surface area contributed by atoms with Crippen LogP contribution in [0, 0.1) is 6.92 Å². The minimum atomic E-state index is -0.968. The molecular formula is C7H11N3O4. The molecule has 0 atom stereocenters. The molecule has 5 N–H and O–H groups in total. The summed E-state index contributed by atoms with van der Waals surface area (Å²) in [7, 11) is 0. The van der Waals surface area contributed by atoms with Crippen molar-refractivity contribution in [3.05, 3.63) is 32.6 Å². The molecule has 0 aromatic carbocycles. The normalized spacial score (nSPS) is 8.71. The monoisotopic (exact) mass is 201 g/mol. The molecule has 0 bridgehead atoms. The molecule has 1 rings (SSSR count). The maximum Gasteiger partial charge on any atom is 0.325 e. The standard InChI is InChI=1S/C5H6N2O2.C2H5NO2/c1-3-2-6-5(9)7-4(3)8;3-1-2(4)5/h2H,1H3,(H2,6,7,8,9);1,3H2,(H,4,5). The molecule has 0 saturated carbocycles. The number of carboxylic acid groups (broad SMARTS) is 1. The predicted octanol–water partition coefficient (Wildman–Crippen LogP) is -1.60. The first kappa shape index (κ1) is 12.1. The van der Waals surface area contributed by atoms with Gasteiger partial charge in [-0.2, -0.15) is 0 Å². The van der Waals surface area contributed by atoms with Crippen LogP contribution in [-0.2, 0) is 4.79 Å². The van der Waals surface area contributed by atoms with Gasteiger partial charge in [-0.25, -0.2) is 4.79 Å². The molecule has 7 nitrogen and oxygen atoms in total. The van der Waals surface area contributed by atoms with E-state index in [1.165, 1.54) is 6.20 Å². The molecule has 0 unspecified atom stereocenters. The van der Waals surface area contributed by atoms with E-state index in [9.17, 15) is 14.4 Å². The molecule has 1 heterocycles. The molecular weight excluding hydrogens is 190 g/mol. The third-order valence-corrected chi connectivity index (χ3v) is 1.18. The highest BCUT2D eigenvalue weighted by atomic mass is 16.4. The van der Waals surface area contributed by atoms with Gasteiger partial charge in [0.2, 0.25) is 0 Å². The third-order valence-electron chi connectivity index (χ3n) is 1.18. The smallest absolute Gasteiger partial charge is 0.325 e. The molecule has 0 amide bonds. The average molecular weight is 201 g/mol. The zero-order valence-electron chi connectivity index (χ0n) is 7.53. The SMILES string of the molecule is Cc1c[nH]c(=O)[nH]c1=O.NCC(=O)O. The van der Waals surface area contributed by atoms with Gasteiger partial charge in [-0.05, 0) is 6.92 Å². The topological polar surface area (TPSA) is 129 Å². The van der Waals surface area contributed by atoms with Crippen LogP contribution in [0.3, 0.4) is 0 Å². The van der Waals surface area contributed by atoms with Crippen LogP contribution in [-0.4, -0.2) is 27.6 Å². The molecule has 1 aromatic rings. The molecule has 0 spiro atoms. The van der Waals surface area contributed by atoms with Crippen molar-refractivity contribution in [2.24, 2.45) is 5.73 Å². The van der Waals surface area contributed by atoms with Gasteiger partial charge in [0.25, 0.3) is 5.56 Å². The Morgan fingerprint density at radius 1 is 1.57 bits per heavy atom. The van der Waals surface area contributed by atoms with E-state index in [-0.39, 0.29) is 12.1 Å². The number of carboxylic acids is 1. The zero-order chi connectivity index (χ0) is 11.1. The first-order valence-electron chi connectivity index (χ1n) is 3.68. The second kappa shape index (κ2) is 5.70. The minimum absolute atomic E-state index is 0.278. The van der Waals surface area contributed by atoms with Crippen LogP contribution >= 0.6 is 0 Å². The molecule has 0 fully saturated rings. The van der Waals surface area contributed by atoms with Crippen molar-refractivity contribution in [1.29, 1.82) is 0 Å². The van der Waals surface area contributed by atoms with Crippen LogP contribution in [0.1, 0.15) is 5.56 Å². The summed E-state index contributed by atoms with van der Waals surface area (Å²) in [6, 6.07) is 0. The molecule has 0 aliphatic heterocycles. The van der Waals surface area contributed by atoms with E-state index in [0.29, 0.717) is 5.56 Å².